The standard InChI is InChI=1S/C28H36N6O12S/c35-14-19(34-26(44)17-6-9-20(36)31-17)28(46)33-18(8-11-23(40)41)27(45)32-16(7-10-22(38)39)25(43)30-12-21(37)29-13-24(42)47-15-4-2-1-3-5-15/h1-5,16-19,35H,6-14H2,(H,29,37)(H,30,43)(H,31,36)(H,32,45)(H,33,46)(H,34,44)(H,38,39)(H,40,41)/t16-,17-,18-,19-/m0/s1. The molecule has 9 N–H and O–H groups in total. The summed E-state index contributed by atoms with van der Waals surface area (Å²) in [5.74, 6) is -7.73. The SMILES string of the molecule is O=C(O)CC[C@H](NC(=O)[C@H](CCC(=O)O)NC(=O)[C@H](CO)NC(=O)[C@@H]1CCC(=O)N1)C(=O)NCC(=O)NCC(=O)Sc1ccccc1. The van der Waals surface area contributed by atoms with Crippen LogP contribution in [-0.2, 0) is 43.2 Å². The van der Waals surface area contributed by atoms with Crippen molar-refractivity contribution in [3.8, 4) is 0 Å². The number of carbonyl (C=O) groups is 9. The van der Waals surface area contributed by atoms with Crippen molar-refractivity contribution in [3.63, 3.8) is 0 Å². The molecule has 1 aromatic carbocycles. The van der Waals surface area contributed by atoms with Gasteiger partial charge in [-0.25, -0.2) is 0 Å². The Morgan fingerprint density at radius 1 is 0.787 bits per heavy atom. The van der Waals surface area contributed by atoms with Gasteiger partial charge in [-0.2, -0.15) is 0 Å². The molecular weight excluding hydrogens is 644 g/mol. The van der Waals surface area contributed by atoms with E-state index in [2.05, 4.69) is 31.9 Å². The summed E-state index contributed by atoms with van der Waals surface area (Å²) in [5, 5.41) is 41.1. The Bertz CT molecular complexity index is 1340. The average Bonchev–Trinajstić information content (AvgIpc) is 3.47. The second kappa shape index (κ2) is 19.5. The maximum absolute atomic E-state index is 13.1. The molecule has 1 saturated heterocycles. The first-order valence-electron chi connectivity index (χ1n) is 14.3. The number of aliphatic hydroxyl groups excluding tert-OH is 1. The molecule has 0 saturated carbocycles. The number of carboxylic acid groups (broad SMARTS) is 2. The minimum absolute atomic E-state index is 0.0837. The summed E-state index contributed by atoms with van der Waals surface area (Å²) >= 11 is 0.895. The van der Waals surface area contributed by atoms with Crippen LogP contribution in [0.5, 0.6) is 0 Å². The first-order chi connectivity index (χ1) is 22.3. The Morgan fingerprint density at radius 2 is 1.36 bits per heavy atom. The zero-order valence-corrected chi connectivity index (χ0v) is 25.8. The van der Waals surface area contributed by atoms with Gasteiger partial charge in [-0.3, -0.25) is 43.2 Å². The predicted octanol–water partition coefficient (Wildman–Crippen LogP) is -3.01. The summed E-state index contributed by atoms with van der Waals surface area (Å²) in [5.41, 5.74) is 0. The molecule has 0 spiro atoms. The lowest BCUT2D eigenvalue weighted by atomic mass is 10.1. The smallest absolute Gasteiger partial charge is 0.303 e. The number of rotatable bonds is 19. The molecule has 0 bridgehead atoms. The lowest BCUT2D eigenvalue weighted by Gasteiger charge is -2.25. The highest BCUT2D eigenvalue weighted by molar-refractivity contribution is 8.13. The summed E-state index contributed by atoms with van der Waals surface area (Å²) < 4.78 is 0. The highest BCUT2D eigenvalue weighted by Crippen LogP contribution is 2.17. The number of aliphatic carboxylic acids is 2. The van der Waals surface area contributed by atoms with Gasteiger partial charge in [0.15, 0.2) is 0 Å². The molecule has 1 heterocycles. The van der Waals surface area contributed by atoms with E-state index in [9.17, 15) is 48.3 Å². The summed E-state index contributed by atoms with van der Waals surface area (Å²) in [6.45, 7) is -1.92. The highest BCUT2D eigenvalue weighted by atomic mass is 32.2. The molecule has 18 nitrogen and oxygen atoms in total. The maximum atomic E-state index is 13.1. The van der Waals surface area contributed by atoms with Crippen LogP contribution in [-0.4, -0.2) is 112 Å². The van der Waals surface area contributed by atoms with E-state index >= 15 is 0 Å². The van der Waals surface area contributed by atoms with E-state index in [1.54, 1.807) is 30.3 Å². The van der Waals surface area contributed by atoms with E-state index in [0.29, 0.717) is 4.90 Å². The Kier molecular flexibility index (Phi) is 15.8. The van der Waals surface area contributed by atoms with Gasteiger partial charge in [-0.1, -0.05) is 30.0 Å². The maximum Gasteiger partial charge on any atom is 0.303 e. The van der Waals surface area contributed by atoms with Crippen molar-refractivity contribution < 1.29 is 58.5 Å². The van der Waals surface area contributed by atoms with E-state index < -0.39 is 104 Å². The van der Waals surface area contributed by atoms with Crippen LogP contribution in [0.2, 0.25) is 0 Å². The van der Waals surface area contributed by atoms with Gasteiger partial charge >= 0.3 is 11.9 Å². The van der Waals surface area contributed by atoms with Gasteiger partial charge in [0.1, 0.15) is 24.2 Å². The fourth-order valence-corrected chi connectivity index (χ4v) is 4.78. The molecule has 2 rings (SSSR count). The van der Waals surface area contributed by atoms with E-state index in [4.69, 9.17) is 10.2 Å². The van der Waals surface area contributed by atoms with Crippen LogP contribution in [0, 0.1) is 0 Å². The van der Waals surface area contributed by atoms with Gasteiger partial charge in [-0.15, -0.1) is 0 Å². The van der Waals surface area contributed by atoms with Crippen LogP contribution in [0.4, 0.5) is 0 Å². The quantitative estimate of drug-likeness (QED) is 0.0659. The first kappa shape index (κ1) is 38.1. The predicted molar refractivity (Wildman–Crippen MR) is 161 cm³/mol. The van der Waals surface area contributed by atoms with Gasteiger partial charge < -0.3 is 47.2 Å². The van der Waals surface area contributed by atoms with Crippen molar-refractivity contribution in [2.45, 2.75) is 67.6 Å². The van der Waals surface area contributed by atoms with Gasteiger partial charge in [0.05, 0.1) is 19.7 Å². The molecular formula is C28H36N6O12S. The topological polar surface area (TPSA) is 286 Å². The summed E-state index contributed by atoms with van der Waals surface area (Å²) in [4.78, 5) is 110. The van der Waals surface area contributed by atoms with Gasteiger partial charge in [0.25, 0.3) is 0 Å². The fraction of sp³-hybridized carbons (Fsp3) is 0.464. The van der Waals surface area contributed by atoms with Crippen molar-refractivity contribution in [1.29, 1.82) is 0 Å². The normalized spacial score (nSPS) is 15.6. The summed E-state index contributed by atoms with van der Waals surface area (Å²) in [6, 6.07) is 2.94. The van der Waals surface area contributed by atoms with Crippen molar-refractivity contribution in [2.75, 3.05) is 19.7 Å². The zero-order chi connectivity index (χ0) is 34.9. The number of amides is 6. The molecule has 1 aliphatic rings. The number of thioether (sulfide) groups is 1. The lowest BCUT2D eigenvalue weighted by molar-refractivity contribution is -0.140. The third-order valence-corrected chi connectivity index (χ3v) is 7.39. The highest BCUT2D eigenvalue weighted by Gasteiger charge is 2.33. The van der Waals surface area contributed by atoms with E-state index in [1.165, 1.54) is 0 Å². The first-order valence-corrected chi connectivity index (χ1v) is 15.2. The Morgan fingerprint density at radius 3 is 1.89 bits per heavy atom. The lowest BCUT2D eigenvalue weighted by Crippen LogP contribution is -2.58. The molecule has 256 valence electrons. The second-order valence-electron chi connectivity index (χ2n) is 10.2. The molecule has 0 aromatic heterocycles. The molecule has 1 aromatic rings. The Hall–Kier alpha value is -5.04. The number of carboxylic acids is 2. The van der Waals surface area contributed by atoms with Gasteiger partial charge in [0.2, 0.25) is 40.6 Å². The van der Waals surface area contributed by atoms with Gasteiger partial charge in [0, 0.05) is 24.2 Å². The molecule has 4 atom stereocenters. The number of hydrogen-bond acceptors (Lipinski definition) is 11. The number of carbonyl (C=O) groups excluding carboxylic acids is 7. The molecule has 0 unspecified atom stereocenters. The Labute approximate surface area is 272 Å². The van der Waals surface area contributed by atoms with Crippen LogP contribution >= 0.6 is 11.8 Å². The van der Waals surface area contributed by atoms with Gasteiger partial charge in [-0.05, 0) is 31.4 Å². The molecule has 1 aliphatic heterocycles. The summed E-state index contributed by atoms with van der Waals surface area (Å²) in [6.07, 6.45) is -1.94. The monoisotopic (exact) mass is 680 g/mol. The van der Waals surface area contributed by atoms with Crippen molar-refractivity contribution in [1.82, 2.24) is 31.9 Å². The fourth-order valence-electron chi connectivity index (χ4n) is 4.07. The largest absolute Gasteiger partial charge is 0.481 e. The van der Waals surface area contributed by atoms with E-state index in [-0.39, 0.29) is 30.4 Å². The van der Waals surface area contributed by atoms with Crippen LogP contribution in [0.15, 0.2) is 35.2 Å². The average molecular weight is 681 g/mol. The van der Waals surface area contributed by atoms with Crippen molar-refractivity contribution in [2.24, 2.45) is 0 Å². The molecule has 1 fully saturated rings. The molecule has 19 heteroatoms. The van der Waals surface area contributed by atoms with Crippen molar-refractivity contribution >= 4 is 64.3 Å². The summed E-state index contributed by atoms with van der Waals surface area (Å²) in [7, 11) is 0. The number of nitrogens with one attached hydrogen (secondary N) is 6. The van der Waals surface area contributed by atoms with Crippen LogP contribution in [0.25, 0.3) is 0 Å². The zero-order valence-electron chi connectivity index (χ0n) is 25.0. The van der Waals surface area contributed by atoms with Crippen molar-refractivity contribution in [3.05, 3.63) is 30.3 Å². The van der Waals surface area contributed by atoms with Crippen LogP contribution < -0.4 is 31.9 Å². The Balaban J connectivity index is 2.01. The second-order valence-corrected chi connectivity index (χ2v) is 11.3. The number of benzene rings is 1. The van der Waals surface area contributed by atoms with E-state index in [0.717, 1.165) is 11.8 Å². The molecule has 0 radical (unpaired) electrons. The minimum Gasteiger partial charge on any atom is -0.481 e. The van der Waals surface area contributed by atoms with Crippen LogP contribution in [0.3, 0.4) is 0 Å². The molecule has 47 heavy (non-hydrogen) atoms. The molecule has 0 aliphatic carbocycles. The van der Waals surface area contributed by atoms with E-state index in [1.807, 2.05) is 0 Å². The third-order valence-electron chi connectivity index (χ3n) is 6.52. The number of aliphatic hydroxyl groups is 1. The number of hydrogen-bond donors (Lipinski definition) is 9. The third kappa shape index (κ3) is 14.3. The van der Waals surface area contributed by atoms with Crippen LogP contribution in [0.1, 0.15) is 38.5 Å². The minimum atomic E-state index is -1.62. The molecule has 6 amide bonds.